The van der Waals surface area contributed by atoms with E-state index in [4.69, 9.17) is 22.1 Å². The number of nitrogens with two attached hydrogens (primary N) is 1. The Balaban J connectivity index is 1.34. The van der Waals surface area contributed by atoms with Gasteiger partial charge in [0.1, 0.15) is 18.5 Å². The summed E-state index contributed by atoms with van der Waals surface area (Å²) in [5.41, 5.74) is 11.8. The number of hydrogen-bond acceptors (Lipinski definition) is 7. The molecule has 0 saturated heterocycles. The number of H-pyrrole nitrogens is 1. The zero-order chi connectivity index (χ0) is 28.6. The molecular weight excluding hydrogens is 538 g/mol. The molecule has 0 bridgehead atoms. The van der Waals surface area contributed by atoms with E-state index in [0.29, 0.717) is 29.6 Å². The number of tetrazole rings is 1. The zero-order valence-electron chi connectivity index (χ0n) is 22.8. The lowest BCUT2D eigenvalue weighted by molar-refractivity contribution is -0.146. The molecule has 3 aromatic carbocycles. The Morgan fingerprint density at radius 3 is 2.44 bits per heavy atom. The second-order valence-corrected chi connectivity index (χ2v) is 10.2. The predicted molar refractivity (Wildman–Crippen MR) is 158 cm³/mol. The Bertz CT molecular complexity index is 1570. The number of aromatic nitrogens is 6. The van der Waals surface area contributed by atoms with Crippen LogP contribution in [0.4, 0.5) is 0 Å². The van der Waals surface area contributed by atoms with Gasteiger partial charge in [0, 0.05) is 18.5 Å². The quantitative estimate of drug-likeness (QED) is 0.193. The van der Waals surface area contributed by atoms with E-state index >= 15 is 0 Å². The number of nitrogens with one attached hydrogen (secondary N) is 1. The molecular formula is C31H32ClN7O2. The van der Waals surface area contributed by atoms with Crippen LogP contribution in [0.5, 0.6) is 0 Å². The van der Waals surface area contributed by atoms with Crippen molar-refractivity contribution in [2.45, 2.75) is 51.8 Å². The number of benzene rings is 3. The van der Waals surface area contributed by atoms with Gasteiger partial charge in [-0.3, -0.25) is 4.79 Å². The molecule has 0 radical (unpaired) electrons. The molecule has 2 aromatic heterocycles. The van der Waals surface area contributed by atoms with Gasteiger partial charge < -0.3 is 15.0 Å². The second-order valence-electron chi connectivity index (χ2n) is 9.84. The van der Waals surface area contributed by atoms with Gasteiger partial charge in [-0.05, 0) is 40.3 Å². The minimum absolute atomic E-state index is 0.00452. The van der Waals surface area contributed by atoms with Crippen LogP contribution in [0.2, 0.25) is 5.15 Å². The lowest BCUT2D eigenvalue weighted by Crippen LogP contribution is -2.34. The first kappa shape index (κ1) is 28.2. The number of aromatic amines is 1. The minimum Gasteiger partial charge on any atom is -0.458 e. The smallest absolute Gasteiger partial charge is 0.323 e. The van der Waals surface area contributed by atoms with Gasteiger partial charge in [0.15, 0.2) is 5.15 Å². The molecule has 5 aromatic rings. The fourth-order valence-corrected chi connectivity index (χ4v) is 4.99. The first-order chi connectivity index (χ1) is 20.0. The Labute approximate surface area is 243 Å². The monoisotopic (exact) mass is 569 g/mol. The summed E-state index contributed by atoms with van der Waals surface area (Å²) in [6.07, 6.45) is 3.17. The van der Waals surface area contributed by atoms with Gasteiger partial charge >= 0.3 is 5.97 Å². The molecule has 3 N–H and O–H groups in total. The molecule has 0 unspecified atom stereocenters. The van der Waals surface area contributed by atoms with E-state index in [-0.39, 0.29) is 6.61 Å². The SMILES string of the molecule is CCCCc1nc(Cl)c(COC(=O)[C@H](N)Cc2ccccc2)n1Cc1ccc(-c2ccccc2-c2nn[nH]n2)cc1. The van der Waals surface area contributed by atoms with E-state index in [1.807, 2.05) is 54.6 Å². The summed E-state index contributed by atoms with van der Waals surface area (Å²) < 4.78 is 7.69. The van der Waals surface area contributed by atoms with Crippen LogP contribution in [0.3, 0.4) is 0 Å². The molecule has 5 rings (SSSR count). The third-order valence-corrected chi connectivity index (χ3v) is 7.23. The fraction of sp³-hybridized carbons (Fsp3) is 0.258. The molecule has 41 heavy (non-hydrogen) atoms. The molecule has 0 aliphatic heterocycles. The number of carbonyl (C=O) groups is 1. The van der Waals surface area contributed by atoms with E-state index in [1.54, 1.807) is 0 Å². The Kier molecular flexibility index (Phi) is 9.18. The maximum Gasteiger partial charge on any atom is 0.323 e. The van der Waals surface area contributed by atoms with Crippen LogP contribution < -0.4 is 5.73 Å². The molecule has 0 saturated carbocycles. The Hall–Kier alpha value is -4.34. The molecule has 0 aliphatic rings. The van der Waals surface area contributed by atoms with Crippen LogP contribution in [-0.2, 0) is 35.5 Å². The molecule has 0 amide bonds. The van der Waals surface area contributed by atoms with Crippen LogP contribution in [0, 0.1) is 0 Å². The van der Waals surface area contributed by atoms with E-state index in [9.17, 15) is 4.79 Å². The van der Waals surface area contributed by atoms with Crippen molar-refractivity contribution in [3.05, 3.63) is 107 Å². The van der Waals surface area contributed by atoms with Gasteiger partial charge in [-0.1, -0.05) is 104 Å². The highest BCUT2D eigenvalue weighted by Crippen LogP contribution is 2.30. The number of halogens is 1. The Morgan fingerprint density at radius 1 is 1.00 bits per heavy atom. The molecule has 10 heteroatoms. The predicted octanol–water partition coefficient (Wildman–Crippen LogP) is 5.39. The van der Waals surface area contributed by atoms with Crippen molar-refractivity contribution in [2.24, 2.45) is 5.73 Å². The highest BCUT2D eigenvalue weighted by Gasteiger charge is 2.21. The number of nitrogens with zero attached hydrogens (tertiary/aromatic N) is 5. The molecule has 1 atom stereocenters. The molecule has 2 heterocycles. The van der Waals surface area contributed by atoms with E-state index < -0.39 is 12.0 Å². The van der Waals surface area contributed by atoms with E-state index in [1.165, 1.54) is 0 Å². The number of carbonyl (C=O) groups excluding carboxylic acids is 1. The molecule has 0 fully saturated rings. The number of esters is 1. The summed E-state index contributed by atoms with van der Waals surface area (Å²) in [4.78, 5) is 17.4. The van der Waals surface area contributed by atoms with Crippen molar-refractivity contribution < 1.29 is 9.53 Å². The summed E-state index contributed by atoms with van der Waals surface area (Å²) in [7, 11) is 0. The van der Waals surface area contributed by atoms with Crippen LogP contribution in [0.15, 0.2) is 78.9 Å². The van der Waals surface area contributed by atoms with Crippen molar-refractivity contribution in [3.63, 3.8) is 0 Å². The highest BCUT2D eigenvalue weighted by molar-refractivity contribution is 6.30. The van der Waals surface area contributed by atoms with Crippen molar-refractivity contribution in [2.75, 3.05) is 0 Å². The number of hydrogen-bond donors (Lipinski definition) is 2. The van der Waals surface area contributed by atoms with Crippen LogP contribution in [0.1, 0.15) is 42.4 Å². The lowest BCUT2D eigenvalue weighted by atomic mass is 9.98. The van der Waals surface area contributed by atoms with Crippen molar-refractivity contribution in [1.29, 1.82) is 0 Å². The second kappa shape index (κ2) is 13.3. The highest BCUT2D eigenvalue weighted by atomic mass is 35.5. The lowest BCUT2D eigenvalue weighted by Gasteiger charge is -2.15. The third-order valence-electron chi connectivity index (χ3n) is 6.93. The largest absolute Gasteiger partial charge is 0.458 e. The normalized spacial score (nSPS) is 11.9. The zero-order valence-corrected chi connectivity index (χ0v) is 23.6. The minimum atomic E-state index is -0.769. The topological polar surface area (TPSA) is 125 Å². The number of rotatable bonds is 12. The van der Waals surface area contributed by atoms with Crippen molar-refractivity contribution in [1.82, 2.24) is 30.2 Å². The molecule has 9 nitrogen and oxygen atoms in total. The number of ether oxygens (including phenoxy) is 1. The maximum atomic E-state index is 12.7. The summed E-state index contributed by atoms with van der Waals surface area (Å²) in [5, 5.41) is 14.8. The van der Waals surface area contributed by atoms with Crippen molar-refractivity contribution in [3.8, 4) is 22.5 Å². The molecule has 210 valence electrons. The summed E-state index contributed by atoms with van der Waals surface area (Å²) >= 11 is 6.59. The van der Waals surface area contributed by atoms with Gasteiger partial charge in [0.2, 0.25) is 5.82 Å². The van der Waals surface area contributed by atoms with Gasteiger partial charge in [0.05, 0.1) is 5.69 Å². The van der Waals surface area contributed by atoms with Gasteiger partial charge in [-0.15, -0.1) is 10.2 Å². The average Bonchev–Trinajstić information content (AvgIpc) is 3.64. The molecule has 0 spiro atoms. The summed E-state index contributed by atoms with van der Waals surface area (Å²) in [6.45, 7) is 2.67. The van der Waals surface area contributed by atoms with Gasteiger partial charge in [0.25, 0.3) is 0 Å². The first-order valence-corrected chi connectivity index (χ1v) is 14.0. The van der Waals surface area contributed by atoms with Crippen LogP contribution >= 0.6 is 11.6 Å². The van der Waals surface area contributed by atoms with Crippen molar-refractivity contribution >= 4 is 17.6 Å². The molecule has 0 aliphatic carbocycles. The first-order valence-electron chi connectivity index (χ1n) is 13.7. The summed E-state index contributed by atoms with van der Waals surface area (Å²) in [5.74, 6) is 0.932. The number of imidazole rings is 1. The van der Waals surface area contributed by atoms with E-state index in [2.05, 4.69) is 61.4 Å². The Morgan fingerprint density at radius 2 is 1.73 bits per heavy atom. The number of unbranched alkanes of at least 4 members (excludes halogenated alkanes) is 1. The number of aryl methyl sites for hydroxylation is 1. The third kappa shape index (κ3) is 6.87. The standard InChI is InChI=1S/C31H32ClN7O2/c1-2-3-13-28-34-29(32)27(20-41-31(40)26(33)18-21-9-5-4-6-10-21)39(28)19-22-14-16-23(17-15-22)24-11-7-8-12-25(24)30-35-37-38-36-30/h4-12,14-17,26H,2-3,13,18-20,33H2,1H3,(H,35,36,37,38)/t26-/m1/s1. The average molecular weight is 570 g/mol. The van der Waals surface area contributed by atoms with Crippen LogP contribution in [-0.4, -0.2) is 42.2 Å². The van der Waals surface area contributed by atoms with E-state index in [0.717, 1.165) is 52.9 Å². The fourth-order valence-electron chi connectivity index (χ4n) is 4.73. The van der Waals surface area contributed by atoms with Gasteiger partial charge in [-0.2, -0.15) is 5.21 Å². The summed E-state index contributed by atoms with van der Waals surface area (Å²) in [6, 6.07) is 25.1. The maximum absolute atomic E-state index is 12.7. The van der Waals surface area contributed by atoms with Gasteiger partial charge in [-0.25, -0.2) is 4.98 Å². The van der Waals surface area contributed by atoms with Crippen LogP contribution in [0.25, 0.3) is 22.5 Å².